The maximum atomic E-state index is 12.4. The summed E-state index contributed by atoms with van der Waals surface area (Å²) < 4.78 is 6.88. The zero-order valence-corrected chi connectivity index (χ0v) is 16.5. The minimum atomic E-state index is -0.137. The Morgan fingerprint density at radius 2 is 1.85 bits per heavy atom. The first kappa shape index (κ1) is 19.3. The Bertz CT molecular complexity index is 952. The van der Waals surface area contributed by atoms with E-state index in [2.05, 4.69) is 10.4 Å². The number of amides is 1. The van der Waals surface area contributed by atoms with Gasteiger partial charge in [0.25, 0.3) is 0 Å². The molecule has 140 valence electrons. The molecule has 0 saturated carbocycles. The molecule has 0 aliphatic carbocycles. The molecule has 0 spiro atoms. The van der Waals surface area contributed by atoms with Crippen LogP contribution in [0.1, 0.15) is 18.2 Å². The first-order valence-corrected chi connectivity index (χ1v) is 9.23. The van der Waals surface area contributed by atoms with Gasteiger partial charge in [0.15, 0.2) is 5.82 Å². The highest BCUT2D eigenvalue weighted by Gasteiger charge is 2.12. The average molecular weight is 404 g/mol. The van der Waals surface area contributed by atoms with Crippen LogP contribution in [-0.4, -0.2) is 22.8 Å². The van der Waals surface area contributed by atoms with E-state index in [1.807, 2.05) is 43.3 Å². The van der Waals surface area contributed by atoms with Crippen molar-refractivity contribution in [1.82, 2.24) is 9.78 Å². The normalized spacial score (nSPS) is 10.7. The van der Waals surface area contributed by atoms with Gasteiger partial charge in [0.2, 0.25) is 5.91 Å². The fourth-order valence-corrected chi connectivity index (χ4v) is 2.98. The van der Waals surface area contributed by atoms with Crippen molar-refractivity contribution in [2.75, 3.05) is 12.4 Å². The number of ether oxygens (including phenoxy) is 1. The summed E-state index contributed by atoms with van der Waals surface area (Å²) in [6, 6.07) is 14.6. The molecule has 1 N–H and O–H groups in total. The number of hydrogen-bond acceptors (Lipinski definition) is 3. The molecule has 7 heteroatoms. The third-order valence-corrected chi connectivity index (χ3v) is 4.82. The van der Waals surface area contributed by atoms with E-state index in [0.29, 0.717) is 15.9 Å². The standard InChI is InChI=1S/C20H19Cl2N3O2/c1-3-14-12-19(24-25(14)15-6-9-17(21)18(22)11-15)23-20(26)10-13-4-7-16(27-2)8-5-13/h4-9,11-12H,3,10H2,1-2H3,(H,23,24,26). The number of carbonyl (C=O) groups is 1. The first-order valence-electron chi connectivity index (χ1n) is 8.47. The van der Waals surface area contributed by atoms with Crippen molar-refractivity contribution in [2.45, 2.75) is 19.8 Å². The third-order valence-electron chi connectivity index (χ3n) is 4.08. The van der Waals surface area contributed by atoms with Crippen LogP contribution in [0.3, 0.4) is 0 Å². The van der Waals surface area contributed by atoms with Crippen molar-refractivity contribution in [3.8, 4) is 11.4 Å². The smallest absolute Gasteiger partial charge is 0.229 e. The largest absolute Gasteiger partial charge is 0.497 e. The van der Waals surface area contributed by atoms with Crippen LogP contribution >= 0.6 is 23.2 Å². The van der Waals surface area contributed by atoms with Gasteiger partial charge in [-0.3, -0.25) is 4.79 Å². The molecule has 27 heavy (non-hydrogen) atoms. The molecule has 0 saturated heterocycles. The van der Waals surface area contributed by atoms with Gasteiger partial charge in [-0.1, -0.05) is 42.3 Å². The van der Waals surface area contributed by atoms with E-state index < -0.39 is 0 Å². The lowest BCUT2D eigenvalue weighted by molar-refractivity contribution is -0.115. The van der Waals surface area contributed by atoms with Crippen molar-refractivity contribution in [1.29, 1.82) is 0 Å². The molecule has 5 nitrogen and oxygen atoms in total. The van der Waals surface area contributed by atoms with Gasteiger partial charge in [0.05, 0.1) is 29.3 Å². The predicted octanol–water partition coefficient (Wildman–Crippen LogP) is 4.93. The molecule has 3 aromatic rings. The van der Waals surface area contributed by atoms with Crippen molar-refractivity contribution < 1.29 is 9.53 Å². The van der Waals surface area contributed by atoms with Gasteiger partial charge in [-0.15, -0.1) is 5.10 Å². The molecule has 0 aliphatic rings. The number of aromatic nitrogens is 2. The van der Waals surface area contributed by atoms with Crippen LogP contribution in [0.25, 0.3) is 5.69 Å². The number of hydrogen-bond donors (Lipinski definition) is 1. The van der Waals surface area contributed by atoms with E-state index in [1.54, 1.807) is 23.9 Å². The highest BCUT2D eigenvalue weighted by Crippen LogP contribution is 2.26. The summed E-state index contributed by atoms with van der Waals surface area (Å²) in [5.74, 6) is 1.12. The molecule has 1 aromatic heterocycles. The van der Waals surface area contributed by atoms with Crippen LogP contribution < -0.4 is 10.1 Å². The van der Waals surface area contributed by atoms with Crippen LogP contribution in [0.5, 0.6) is 5.75 Å². The Labute approximate surface area is 167 Å². The van der Waals surface area contributed by atoms with E-state index in [9.17, 15) is 4.79 Å². The highest BCUT2D eigenvalue weighted by atomic mass is 35.5. The van der Waals surface area contributed by atoms with Crippen LogP contribution in [0.15, 0.2) is 48.5 Å². The number of rotatable bonds is 6. The lowest BCUT2D eigenvalue weighted by Crippen LogP contribution is -2.15. The number of nitrogens with zero attached hydrogens (tertiary/aromatic N) is 2. The van der Waals surface area contributed by atoms with E-state index in [1.165, 1.54) is 0 Å². The highest BCUT2D eigenvalue weighted by molar-refractivity contribution is 6.42. The van der Waals surface area contributed by atoms with E-state index in [-0.39, 0.29) is 12.3 Å². The number of methoxy groups -OCH3 is 1. The molecule has 0 fully saturated rings. The van der Waals surface area contributed by atoms with E-state index >= 15 is 0 Å². The predicted molar refractivity (Wildman–Crippen MR) is 108 cm³/mol. The van der Waals surface area contributed by atoms with Gasteiger partial charge < -0.3 is 10.1 Å². The minimum absolute atomic E-state index is 0.137. The van der Waals surface area contributed by atoms with E-state index in [0.717, 1.165) is 29.1 Å². The topological polar surface area (TPSA) is 56.1 Å². The van der Waals surface area contributed by atoms with Crippen LogP contribution in [0, 0.1) is 0 Å². The maximum Gasteiger partial charge on any atom is 0.229 e. The lowest BCUT2D eigenvalue weighted by atomic mass is 10.1. The number of carbonyl (C=O) groups excluding carboxylic acids is 1. The zero-order chi connectivity index (χ0) is 19.4. The average Bonchev–Trinajstić information content (AvgIpc) is 3.07. The summed E-state index contributed by atoms with van der Waals surface area (Å²) in [7, 11) is 1.61. The first-order chi connectivity index (χ1) is 13.0. The number of nitrogens with one attached hydrogen (secondary N) is 1. The second-order valence-electron chi connectivity index (χ2n) is 5.96. The van der Waals surface area contributed by atoms with Crippen molar-refractivity contribution in [3.05, 3.63) is 69.8 Å². The molecular weight excluding hydrogens is 385 g/mol. The van der Waals surface area contributed by atoms with Crippen molar-refractivity contribution in [3.63, 3.8) is 0 Å². The monoisotopic (exact) mass is 403 g/mol. The van der Waals surface area contributed by atoms with Gasteiger partial charge >= 0.3 is 0 Å². The Kier molecular flexibility index (Phi) is 6.04. The lowest BCUT2D eigenvalue weighted by Gasteiger charge is -2.07. The Balaban J connectivity index is 1.75. The quantitative estimate of drug-likeness (QED) is 0.634. The van der Waals surface area contributed by atoms with E-state index in [4.69, 9.17) is 27.9 Å². The van der Waals surface area contributed by atoms with Gasteiger partial charge in [-0.25, -0.2) is 4.68 Å². The fourth-order valence-electron chi connectivity index (χ4n) is 2.69. The Morgan fingerprint density at radius 1 is 1.11 bits per heavy atom. The molecule has 3 rings (SSSR count). The fraction of sp³-hybridized carbons (Fsp3) is 0.200. The molecule has 0 unspecified atom stereocenters. The SMILES string of the molecule is CCc1cc(NC(=O)Cc2ccc(OC)cc2)nn1-c1ccc(Cl)c(Cl)c1. The second kappa shape index (κ2) is 8.46. The van der Waals surface area contributed by atoms with Crippen LogP contribution in [0.2, 0.25) is 10.0 Å². The molecule has 0 aliphatic heterocycles. The molecule has 0 bridgehead atoms. The molecule has 1 heterocycles. The molecule has 1 amide bonds. The summed E-state index contributed by atoms with van der Waals surface area (Å²) in [4.78, 5) is 12.4. The summed E-state index contributed by atoms with van der Waals surface area (Å²) in [6.45, 7) is 2.02. The third kappa shape index (κ3) is 4.62. The van der Waals surface area contributed by atoms with Crippen LogP contribution in [0.4, 0.5) is 5.82 Å². The van der Waals surface area contributed by atoms with Crippen molar-refractivity contribution >= 4 is 34.9 Å². The summed E-state index contributed by atoms with van der Waals surface area (Å²) >= 11 is 12.1. The summed E-state index contributed by atoms with van der Waals surface area (Å²) in [5, 5.41) is 8.28. The molecule has 0 atom stereocenters. The maximum absolute atomic E-state index is 12.4. The number of anilines is 1. The molecule has 2 aromatic carbocycles. The molecule has 0 radical (unpaired) electrons. The Hall–Kier alpha value is -2.50. The van der Waals surface area contributed by atoms with Crippen LogP contribution in [-0.2, 0) is 17.6 Å². The van der Waals surface area contributed by atoms with Gasteiger partial charge in [0.1, 0.15) is 5.75 Å². The summed E-state index contributed by atoms with van der Waals surface area (Å²) in [5.41, 5.74) is 2.64. The van der Waals surface area contributed by atoms with Gasteiger partial charge in [0, 0.05) is 11.8 Å². The molecular formula is C20H19Cl2N3O2. The number of aryl methyl sites for hydroxylation is 1. The second-order valence-corrected chi connectivity index (χ2v) is 6.77. The Morgan fingerprint density at radius 3 is 2.48 bits per heavy atom. The van der Waals surface area contributed by atoms with Gasteiger partial charge in [-0.2, -0.15) is 0 Å². The minimum Gasteiger partial charge on any atom is -0.497 e. The number of halogens is 2. The zero-order valence-electron chi connectivity index (χ0n) is 15.0. The van der Waals surface area contributed by atoms with Crippen molar-refractivity contribution in [2.24, 2.45) is 0 Å². The number of benzene rings is 2. The summed E-state index contributed by atoms with van der Waals surface area (Å²) in [6.07, 6.45) is 1.01. The van der Waals surface area contributed by atoms with Gasteiger partial charge in [-0.05, 0) is 42.3 Å².